The van der Waals surface area contributed by atoms with Crippen LogP contribution in [0.1, 0.15) is 97.3 Å². The summed E-state index contributed by atoms with van der Waals surface area (Å²) < 4.78 is 33.6. The molecule has 11 atom stereocenters. The summed E-state index contributed by atoms with van der Waals surface area (Å²) in [5.74, 6) is -0.390. The first-order chi connectivity index (χ1) is 22.1. The van der Waals surface area contributed by atoms with Crippen LogP contribution in [0.3, 0.4) is 0 Å². The van der Waals surface area contributed by atoms with Crippen molar-refractivity contribution in [1.82, 2.24) is 0 Å². The minimum absolute atomic E-state index is 0.0643. The van der Waals surface area contributed by atoms with Crippen LogP contribution >= 0.6 is 0 Å². The summed E-state index contributed by atoms with van der Waals surface area (Å²) in [6.45, 7) is 3.51. The van der Waals surface area contributed by atoms with Gasteiger partial charge in [-0.25, -0.2) is 0 Å². The lowest BCUT2D eigenvalue weighted by Gasteiger charge is -2.42. The molecule has 0 aliphatic carbocycles. The second-order valence-corrected chi connectivity index (χ2v) is 12.4. The molecule has 0 radical (unpaired) electrons. The predicted molar refractivity (Wildman–Crippen MR) is 164 cm³/mol. The highest BCUT2D eigenvalue weighted by Gasteiger charge is 2.47. The van der Waals surface area contributed by atoms with Crippen LogP contribution in [-0.2, 0) is 33.2 Å². The third-order valence-electron chi connectivity index (χ3n) is 8.37. The minimum Gasteiger partial charge on any atom is -0.457 e. The van der Waals surface area contributed by atoms with E-state index in [-0.39, 0.29) is 19.6 Å². The highest BCUT2D eigenvalue weighted by Crippen LogP contribution is 2.26. The maximum absolute atomic E-state index is 12.6. The lowest BCUT2D eigenvalue weighted by molar-refractivity contribution is -0.332. The number of aliphatic hydroxyl groups excluding tert-OH is 7. The van der Waals surface area contributed by atoms with Gasteiger partial charge >= 0.3 is 5.97 Å². The summed E-state index contributed by atoms with van der Waals surface area (Å²) in [6.07, 6.45) is -3.12. The summed E-state index contributed by atoms with van der Waals surface area (Å²) in [4.78, 5) is 12.6. The second-order valence-electron chi connectivity index (χ2n) is 12.4. The van der Waals surface area contributed by atoms with Gasteiger partial charge in [0.1, 0.15) is 54.9 Å². The molecule has 0 spiro atoms. The van der Waals surface area contributed by atoms with Crippen molar-refractivity contribution in [3.63, 3.8) is 0 Å². The highest BCUT2D eigenvalue weighted by molar-refractivity contribution is 5.69. The summed E-state index contributed by atoms with van der Waals surface area (Å²) in [5, 5.41) is 71.1. The molecule has 2 rings (SSSR count). The molecule has 11 unspecified atom stereocenters. The molecule has 2 fully saturated rings. The number of aliphatic hydroxyl groups is 7. The topological polar surface area (TPSA) is 214 Å². The molecule has 2 aliphatic heterocycles. The fourth-order valence-electron chi connectivity index (χ4n) is 5.40. The van der Waals surface area contributed by atoms with Gasteiger partial charge in [0.2, 0.25) is 0 Å². The van der Waals surface area contributed by atoms with Crippen molar-refractivity contribution in [3.8, 4) is 0 Å². The van der Waals surface area contributed by atoms with E-state index in [2.05, 4.69) is 13.8 Å². The molecule has 46 heavy (non-hydrogen) atoms. The molecule has 0 bridgehead atoms. The molecule has 0 aromatic rings. The zero-order valence-electron chi connectivity index (χ0n) is 27.6. The zero-order chi connectivity index (χ0) is 33.9. The van der Waals surface area contributed by atoms with Crippen molar-refractivity contribution in [3.05, 3.63) is 0 Å². The maximum atomic E-state index is 12.6. The first-order valence-electron chi connectivity index (χ1n) is 17.1. The molecule has 14 heteroatoms. The molecule has 0 aromatic carbocycles. The molecule has 0 amide bonds. The molecule has 2 saturated heterocycles. The number of hydrogen-bond donors (Lipinski definition) is 7. The largest absolute Gasteiger partial charge is 0.457 e. The highest BCUT2D eigenvalue weighted by atomic mass is 16.7. The Morgan fingerprint density at radius 3 is 1.76 bits per heavy atom. The summed E-state index contributed by atoms with van der Waals surface area (Å²) in [7, 11) is 0. The van der Waals surface area contributed by atoms with Crippen LogP contribution in [-0.4, -0.2) is 142 Å². The smallest absolute Gasteiger partial charge is 0.306 e. The fourth-order valence-corrected chi connectivity index (χ4v) is 5.40. The van der Waals surface area contributed by atoms with Crippen LogP contribution in [0.5, 0.6) is 0 Å². The Labute approximate surface area is 272 Å². The van der Waals surface area contributed by atoms with Crippen LogP contribution < -0.4 is 0 Å². The molecule has 272 valence electrons. The number of carbonyl (C=O) groups excluding carboxylic acids is 1. The Hall–Kier alpha value is -1.01. The van der Waals surface area contributed by atoms with Gasteiger partial charge < -0.3 is 64.2 Å². The van der Waals surface area contributed by atoms with E-state index in [0.717, 1.165) is 44.9 Å². The van der Waals surface area contributed by atoms with E-state index in [9.17, 15) is 40.5 Å². The summed E-state index contributed by atoms with van der Waals surface area (Å²) in [5.41, 5.74) is 0. The Morgan fingerprint density at radius 2 is 1.15 bits per heavy atom. The number of ether oxygens (including phenoxy) is 6. The fraction of sp³-hybridized carbons (Fsp3) is 0.969. The van der Waals surface area contributed by atoms with Gasteiger partial charge in [-0.15, -0.1) is 0 Å². The van der Waals surface area contributed by atoms with Crippen LogP contribution in [0, 0.1) is 0 Å². The Morgan fingerprint density at radius 1 is 0.630 bits per heavy atom. The van der Waals surface area contributed by atoms with E-state index < -0.39 is 86.7 Å². The molecular weight excluding hydrogens is 608 g/mol. The van der Waals surface area contributed by atoms with Crippen molar-refractivity contribution >= 4 is 5.97 Å². The third-order valence-corrected chi connectivity index (χ3v) is 8.37. The van der Waals surface area contributed by atoms with Crippen LogP contribution in [0.25, 0.3) is 0 Å². The van der Waals surface area contributed by atoms with Gasteiger partial charge in [0.05, 0.1) is 26.4 Å². The first kappa shape index (κ1) is 41.2. The molecule has 0 saturated carbocycles. The number of hydrogen-bond acceptors (Lipinski definition) is 14. The summed E-state index contributed by atoms with van der Waals surface area (Å²) >= 11 is 0. The monoisotopic (exact) mass is 668 g/mol. The molecule has 7 N–H and O–H groups in total. The minimum atomic E-state index is -1.69. The Bertz CT molecular complexity index is 788. The summed E-state index contributed by atoms with van der Waals surface area (Å²) in [6, 6.07) is 0. The average molecular weight is 669 g/mol. The Kier molecular flexibility index (Phi) is 20.9. The van der Waals surface area contributed by atoms with Gasteiger partial charge in [-0.1, -0.05) is 78.1 Å². The van der Waals surface area contributed by atoms with Gasteiger partial charge in [-0.3, -0.25) is 4.79 Å². The van der Waals surface area contributed by atoms with Crippen LogP contribution in [0.4, 0.5) is 0 Å². The molecule has 2 heterocycles. The van der Waals surface area contributed by atoms with Gasteiger partial charge in [-0.05, 0) is 12.8 Å². The number of unbranched alkanes of at least 4 members (excludes halogenated alkanes) is 10. The maximum Gasteiger partial charge on any atom is 0.306 e. The average Bonchev–Trinajstić information content (AvgIpc) is 3.05. The van der Waals surface area contributed by atoms with Crippen LogP contribution in [0.2, 0.25) is 0 Å². The van der Waals surface area contributed by atoms with Gasteiger partial charge in [0.25, 0.3) is 0 Å². The molecule has 2 aliphatic rings. The van der Waals surface area contributed by atoms with Crippen molar-refractivity contribution in [2.24, 2.45) is 0 Å². The number of rotatable bonds is 24. The predicted octanol–water partition coefficient (Wildman–Crippen LogP) is 0.667. The van der Waals surface area contributed by atoms with E-state index in [0.29, 0.717) is 13.0 Å². The van der Waals surface area contributed by atoms with Gasteiger partial charge in [-0.2, -0.15) is 0 Å². The van der Waals surface area contributed by atoms with E-state index in [1.54, 1.807) is 0 Å². The number of esters is 1. The van der Waals surface area contributed by atoms with Crippen molar-refractivity contribution in [1.29, 1.82) is 0 Å². The lowest BCUT2D eigenvalue weighted by atomic mass is 9.98. The first-order valence-corrected chi connectivity index (χ1v) is 17.1. The van der Waals surface area contributed by atoms with E-state index in [1.807, 2.05) is 0 Å². The standard InChI is InChI=1S/C32H60O14/c1-3-5-7-9-11-13-15-24(34)44-21(18-41-16-14-12-10-8-6-4-2)19-42-31-30(40)28(38)26(36)23(46-31)20-43-32-29(39)27(37)25(35)22(17-33)45-32/h21-23,25-33,35-40H,3-20H2,1-2H3. The van der Waals surface area contributed by atoms with Crippen LogP contribution in [0.15, 0.2) is 0 Å². The van der Waals surface area contributed by atoms with E-state index in [1.165, 1.54) is 25.7 Å². The molecule has 0 aromatic heterocycles. The van der Waals surface area contributed by atoms with Gasteiger partial charge in [0.15, 0.2) is 12.6 Å². The van der Waals surface area contributed by atoms with Crippen molar-refractivity contribution in [2.45, 2.75) is 165 Å². The zero-order valence-corrected chi connectivity index (χ0v) is 27.6. The van der Waals surface area contributed by atoms with E-state index >= 15 is 0 Å². The van der Waals surface area contributed by atoms with Crippen molar-refractivity contribution in [2.75, 3.05) is 33.0 Å². The lowest BCUT2D eigenvalue weighted by Crippen LogP contribution is -2.61. The number of carbonyl (C=O) groups is 1. The Balaban J connectivity index is 1.92. The SMILES string of the molecule is CCCCCCCCOCC(COC1OC(COC2OC(CO)C(O)C(O)C2O)C(O)C(O)C1O)OC(=O)CCCCCCCC. The van der Waals surface area contributed by atoms with E-state index in [4.69, 9.17) is 28.4 Å². The van der Waals surface area contributed by atoms with Crippen molar-refractivity contribution < 1.29 is 69.0 Å². The molecule has 14 nitrogen and oxygen atoms in total. The quantitative estimate of drug-likeness (QED) is 0.0556. The third kappa shape index (κ3) is 14.2. The normalized spacial score (nSPS) is 32.4. The second kappa shape index (κ2) is 23.4. The van der Waals surface area contributed by atoms with Gasteiger partial charge in [0, 0.05) is 13.0 Å². The molecular formula is C32H60O14.